The molecule has 0 bridgehead atoms. The molecule has 2 aliphatic rings. The summed E-state index contributed by atoms with van der Waals surface area (Å²) in [6.45, 7) is 8.58. The van der Waals surface area contributed by atoms with Crippen LogP contribution in [0.15, 0.2) is 47.3 Å². The van der Waals surface area contributed by atoms with E-state index in [0.717, 1.165) is 5.39 Å². The Morgan fingerprint density at radius 1 is 1.03 bits per heavy atom. The van der Waals surface area contributed by atoms with Gasteiger partial charge < -0.3 is 19.4 Å². The van der Waals surface area contributed by atoms with Gasteiger partial charge in [-0.2, -0.15) is 0 Å². The molecule has 0 unspecified atom stereocenters. The lowest BCUT2D eigenvalue weighted by Crippen LogP contribution is -2.49. The van der Waals surface area contributed by atoms with Crippen molar-refractivity contribution in [3.8, 4) is 11.5 Å². The van der Waals surface area contributed by atoms with E-state index in [1.807, 2.05) is 43.9 Å². The molecule has 1 atom stereocenters. The molecule has 1 fully saturated rings. The minimum absolute atomic E-state index is 0.151. The van der Waals surface area contributed by atoms with Crippen LogP contribution in [0.1, 0.15) is 38.2 Å². The summed E-state index contributed by atoms with van der Waals surface area (Å²) in [6, 6.07) is 11.8. The van der Waals surface area contributed by atoms with Crippen molar-refractivity contribution in [2.75, 3.05) is 37.9 Å². The lowest BCUT2D eigenvalue weighted by atomic mass is 10.0. The second kappa shape index (κ2) is 8.84. The van der Waals surface area contributed by atoms with Crippen LogP contribution in [0.2, 0.25) is 0 Å². The maximum atomic E-state index is 14.4. The Bertz CT molecular complexity index is 1520. The molecular formula is C26H28FN7O3. The van der Waals surface area contributed by atoms with Gasteiger partial charge in [-0.05, 0) is 55.5 Å². The van der Waals surface area contributed by atoms with Crippen molar-refractivity contribution in [2.45, 2.75) is 32.4 Å². The molecule has 1 saturated heterocycles. The van der Waals surface area contributed by atoms with E-state index in [1.165, 1.54) is 6.07 Å². The monoisotopic (exact) mass is 505 g/mol. The molecule has 0 aliphatic carbocycles. The van der Waals surface area contributed by atoms with Gasteiger partial charge in [-0.25, -0.2) is 9.07 Å². The molecule has 2 aromatic heterocycles. The number of piperazine rings is 1. The Hall–Kier alpha value is -3.99. The number of nitrogens with one attached hydrogen (secondary N) is 1. The number of fused-ring (bicyclic) bond motifs is 2. The predicted octanol–water partition coefficient (Wildman–Crippen LogP) is 3.05. The average Bonchev–Trinajstić information content (AvgIpc) is 3.54. The highest BCUT2D eigenvalue weighted by molar-refractivity contribution is 5.83. The molecule has 0 radical (unpaired) electrons. The van der Waals surface area contributed by atoms with E-state index in [1.54, 1.807) is 22.9 Å². The van der Waals surface area contributed by atoms with Crippen molar-refractivity contribution in [1.82, 2.24) is 30.1 Å². The van der Waals surface area contributed by atoms with Gasteiger partial charge in [0.25, 0.3) is 5.56 Å². The SMILES string of the molecule is CC(C)(C)n1nnnc1[C@H](c1cc2cc3c(cc2[nH]c1=O)OCO3)N1CCN(c2ccccc2F)CC1. The molecule has 10 nitrogen and oxygen atoms in total. The number of benzene rings is 2. The highest BCUT2D eigenvalue weighted by atomic mass is 19.1. The first-order chi connectivity index (χ1) is 17.8. The van der Waals surface area contributed by atoms with E-state index in [9.17, 15) is 9.18 Å². The summed E-state index contributed by atoms with van der Waals surface area (Å²) in [5.41, 5.74) is 1.15. The molecular weight excluding hydrogens is 477 g/mol. The van der Waals surface area contributed by atoms with Crippen LogP contribution in [-0.4, -0.2) is 63.1 Å². The average molecular weight is 506 g/mol. The van der Waals surface area contributed by atoms with Crippen LogP contribution < -0.4 is 19.9 Å². The highest BCUT2D eigenvalue weighted by Gasteiger charge is 2.35. The zero-order chi connectivity index (χ0) is 25.7. The van der Waals surface area contributed by atoms with Crippen molar-refractivity contribution in [3.05, 3.63) is 70.0 Å². The zero-order valence-electron chi connectivity index (χ0n) is 20.9. The Balaban J connectivity index is 1.42. The Morgan fingerprint density at radius 2 is 1.76 bits per heavy atom. The van der Waals surface area contributed by atoms with Crippen molar-refractivity contribution < 1.29 is 13.9 Å². The van der Waals surface area contributed by atoms with E-state index >= 15 is 0 Å². The van der Waals surface area contributed by atoms with Gasteiger partial charge in [0, 0.05) is 43.2 Å². The van der Waals surface area contributed by atoms with Gasteiger partial charge in [-0.1, -0.05) is 12.1 Å². The fourth-order valence-corrected chi connectivity index (χ4v) is 5.09. The van der Waals surface area contributed by atoms with Gasteiger partial charge in [-0.3, -0.25) is 9.69 Å². The van der Waals surface area contributed by atoms with Crippen LogP contribution in [-0.2, 0) is 5.54 Å². The highest BCUT2D eigenvalue weighted by Crippen LogP contribution is 2.37. The number of aromatic nitrogens is 5. The van der Waals surface area contributed by atoms with Crippen LogP contribution in [0.4, 0.5) is 10.1 Å². The third-order valence-corrected chi connectivity index (χ3v) is 6.91. The minimum Gasteiger partial charge on any atom is -0.454 e. The second-order valence-electron chi connectivity index (χ2n) is 10.3. The summed E-state index contributed by atoms with van der Waals surface area (Å²) in [5.74, 6) is 1.58. The summed E-state index contributed by atoms with van der Waals surface area (Å²) >= 11 is 0. The number of tetrazole rings is 1. The maximum absolute atomic E-state index is 14.4. The first kappa shape index (κ1) is 23.4. The van der Waals surface area contributed by atoms with Gasteiger partial charge in [0.05, 0.1) is 16.7 Å². The molecule has 4 heterocycles. The van der Waals surface area contributed by atoms with Crippen LogP contribution in [0.5, 0.6) is 11.5 Å². The summed E-state index contributed by atoms with van der Waals surface area (Å²) in [4.78, 5) is 20.7. The largest absolute Gasteiger partial charge is 0.454 e. The number of rotatable bonds is 4. The number of nitrogens with zero attached hydrogens (tertiary/aromatic N) is 6. The molecule has 0 spiro atoms. The van der Waals surface area contributed by atoms with Crippen molar-refractivity contribution in [3.63, 3.8) is 0 Å². The van der Waals surface area contributed by atoms with E-state index < -0.39 is 11.6 Å². The summed E-state index contributed by atoms with van der Waals surface area (Å²) < 4.78 is 27.2. The predicted molar refractivity (Wildman–Crippen MR) is 136 cm³/mol. The third kappa shape index (κ3) is 4.18. The summed E-state index contributed by atoms with van der Waals surface area (Å²) in [5, 5.41) is 13.4. The molecule has 6 rings (SSSR count). The number of hydrogen-bond acceptors (Lipinski definition) is 8. The van der Waals surface area contributed by atoms with Crippen molar-refractivity contribution in [2.24, 2.45) is 0 Å². The fourth-order valence-electron chi connectivity index (χ4n) is 5.09. The topological polar surface area (TPSA) is 101 Å². The molecule has 1 N–H and O–H groups in total. The maximum Gasteiger partial charge on any atom is 0.253 e. The summed E-state index contributed by atoms with van der Waals surface area (Å²) in [7, 11) is 0. The number of halogens is 1. The second-order valence-corrected chi connectivity index (χ2v) is 10.3. The molecule has 11 heteroatoms. The van der Waals surface area contributed by atoms with E-state index in [-0.39, 0.29) is 18.2 Å². The number of hydrogen-bond donors (Lipinski definition) is 1. The van der Waals surface area contributed by atoms with Crippen LogP contribution in [0, 0.1) is 5.82 Å². The number of H-pyrrole nitrogens is 1. The van der Waals surface area contributed by atoms with Crippen LogP contribution in [0.25, 0.3) is 10.9 Å². The minimum atomic E-state index is -0.504. The first-order valence-electron chi connectivity index (χ1n) is 12.3. The van der Waals surface area contributed by atoms with E-state index in [4.69, 9.17) is 9.47 Å². The van der Waals surface area contributed by atoms with Crippen LogP contribution in [0.3, 0.4) is 0 Å². The number of aromatic amines is 1. The van der Waals surface area contributed by atoms with Gasteiger partial charge in [0.15, 0.2) is 17.3 Å². The number of anilines is 1. The van der Waals surface area contributed by atoms with E-state index in [2.05, 4.69) is 25.4 Å². The Labute approximate surface area is 212 Å². The van der Waals surface area contributed by atoms with Gasteiger partial charge >= 0.3 is 0 Å². The third-order valence-electron chi connectivity index (χ3n) is 6.91. The van der Waals surface area contributed by atoms with Crippen LogP contribution >= 0.6 is 0 Å². The van der Waals surface area contributed by atoms with Gasteiger partial charge in [0.2, 0.25) is 6.79 Å². The first-order valence-corrected chi connectivity index (χ1v) is 12.3. The lowest BCUT2D eigenvalue weighted by Gasteiger charge is -2.40. The van der Waals surface area contributed by atoms with Gasteiger partial charge in [-0.15, -0.1) is 5.10 Å². The quantitative estimate of drug-likeness (QED) is 0.452. The van der Waals surface area contributed by atoms with Crippen molar-refractivity contribution >= 4 is 16.6 Å². The smallest absolute Gasteiger partial charge is 0.253 e. The lowest BCUT2D eigenvalue weighted by molar-refractivity contribution is 0.174. The normalized spacial score (nSPS) is 16.9. The molecule has 37 heavy (non-hydrogen) atoms. The Kier molecular flexibility index (Phi) is 5.59. The van der Waals surface area contributed by atoms with Crippen molar-refractivity contribution in [1.29, 1.82) is 0 Å². The molecule has 4 aromatic rings. The standard InChI is InChI=1S/C26H28FN7O3/c1-26(2,3)34-24(29-30-31-34)23(33-10-8-32(9-11-33)20-7-5-4-6-18(20)27)17-12-16-13-21-22(37-15-36-21)14-19(16)28-25(17)35/h4-7,12-14,23H,8-11,15H2,1-3H3,(H,28,35)/t23-/m0/s1. The molecule has 0 amide bonds. The molecule has 192 valence electrons. The zero-order valence-corrected chi connectivity index (χ0v) is 20.9. The fraction of sp³-hybridized carbons (Fsp3) is 0.385. The number of ether oxygens (including phenoxy) is 2. The summed E-state index contributed by atoms with van der Waals surface area (Å²) in [6.07, 6.45) is 0. The number of pyridine rings is 1. The molecule has 0 saturated carbocycles. The molecule has 2 aromatic carbocycles. The van der Waals surface area contributed by atoms with E-state index in [0.29, 0.717) is 60.3 Å². The Morgan fingerprint density at radius 3 is 2.49 bits per heavy atom. The van der Waals surface area contributed by atoms with Gasteiger partial charge in [0.1, 0.15) is 11.9 Å². The number of para-hydroxylation sites is 1. The molecule has 2 aliphatic heterocycles.